The Labute approximate surface area is 135 Å². The molecule has 1 N–H and O–H groups in total. The van der Waals surface area contributed by atoms with Crippen molar-refractivity contribution in [2.45, 2.75) is 19.4 Å². The minimum Gasteiger partial charge on any atom is -0.496 e. The number of benzene rings is 1. The van der Waals surface area contributed by atoms with Crippen LogP contribution in [0.1, 0.15) is 17.5 Å². The molecule has 1 aliphatic heterocycles. The molecule has 1 aromatic rings. The quantitative estimate of drug-likeness (QED) is 0.836. The molecule has 2 rings (SSSR count). The first-order valence-electron chi connectivity index (χ1n) is 7.44. The number of carboxylic acid groups (broad SMARTS) is 1. The van der Waals surface area contributed by atoms with Gasteiger partial charge in [0.15, 0.2) is 0 Å². The number of rotatable bonds is 5. The highest BCUT2D eigenvalue weighted by Crippen LogP contribution is 2.21. The van der Waals surface area contributed by atoms with Crippen LogP contribution in [-0.4, -0.2) is 54.8 Å². The third-order valence-corrected chi connectivity index (χ3v) is 3.64. The zero-order chi connectivity index (χ0) is 16.8. The molecule has 6 heteroatoms. The number of nitrogens with zero attached hydrogens (tertiary/aromatic N) is 1. The molecule has 1 aromatic carbocycles. The fraction of sp³-hybridized carbons (Fsp3) is 0.412. The van der Waals surface area contributed by atoms with Crippen LogP contribution in [0.25, 0.3) is 6.08 Å². The van der Waals surface area contributed by atoms with Crippen molar-refractivity contribution in [2.75, 3.05) is 26.8 Å². The minimum absolute atomic E-state index is 0.0980. The lowest BCUT2D eigenvalue weighted by Gasteiger charge is -2.31. The summed E-state index contributed by atoms with van der Waals surface area (Å²) in [5.41, 5.74) is 1.90. The van der Waals surface area contributed by atoms with E-state index in [0.29, 0.717) is 25.4 Å². The Morgan fingerprint density at radius 1 is 1.48 bits per heavy atom. The van der Waals surface area contributed by atoms with Crippen LogP contribution in [0.2, 0.25) is 0 Å². The zero-order valence-electron chi connectivity index (χ0n) is 13.3. The molecule has 0 saturated carbocycles. The van der Waals surface area contributed by atoms with E-state index in [1.54, 1.807) is 18.1 Å². The molecule has 124 valence electrons. The summed E-state index contributed by atoms with van der Waals surface area (Å²) in [6.45, 7) is 3.08. The molecule has 23 heavy (non-hydrogen) atoms. The predicted octanol–water partition coefficient (Wildman–Crippen LogP) is 1.72. The van der Waals surface area contributed by atoms with Gasteiger partial charge in [-0.3, -0.25) is 9.59 Å². The van der Waals surface area contributed by atoms with Gasteiger partial charge in [0.2, 0.25) is 5.91 Å². The molecule has 1 heterocycles. The van der Waals surface area contributed by atoms with E-state index < -0.39 is 12.1 Å². The van der Waals surface area contributed by atoms with Crippen molar-refractivity contribution < 1.29 is 24.2 Å². The molecule has 0 aliphatic carbocycles. The first-order chi connectivity index (χ1) is 11.0. The van der Waals surface area contributed by atoms with Crippen LogP contribution in [0.3, 0.4) is 0 Å². The summed E-state index contributed by atoms with van der Waals surface area (Å²) in [6, 6.07) is 5.74. The molecule has 0 spiro atoms. The Morgan fingerprint density at radius 2 is 2.26 bits per heavy atom. The van der Waals surface area contributed by atoms with Gasteiger partial charge in [-0.25, -0.2) is 0 Å². The molecule has 1 amide bonds. The molecule has 0 aromatic heterocycles. The summed E-state index contributed by atoms with van der Waals surface area (Å²) in [7, 11) is 1.59. The molecular weight excluding hydrogens is 298 g/mol. The third-order valence-electron chi connectivity index (χ3n) is 3.64. The fourth-order valence-electron chi connectivity index (χ4n) is 2.49. The minimum atomic E-state index is -0.927. The van der Waals surface area contributed by atoms with Crippen LogP contribution in [0.15, 0.2) is 24.3 Å². The van der Waals surface area contributed by atoms with Crippen LogP contribution < -0.4 is 4.74 Å². The number of morpholine rings is 1. The molecule has 0 radical (unpaired) electrons. The second kappa shape index (κ2) is 7.78. The highest BCUT2D eigenvalue weighted by Gasteiger charge is 2.24. The van der Waals surface area contributed by atoms with Gasteiger partial charge >= 0.3 is 5.97 Å². The lowest BCUT2D eigenvalue weighted by Crippen LogP contribution is -2.45. The molecule has 1 aliphatic rings. The van der Waals surface area contributed by atoms with Crippen LogP contribution in [0.5, 0.6) is 5.75 Å². The van der Waals surface area contributed by atoms with Crippen molar-refractivity contribution >= 4 is 18.0 Å². The van der Waals surface area contributed by atoms with Crippen molar-refractivity contribution in [1.29, 1.82) is 0 Å². The predicted molar refractivity (Wildman–Crippen MR) is 85.3 cm³/mol. The Morgan fingerprint density at radius 3 is 2.96 bits per heavy atom. The lowest BCUT2D eigenvalue weighted by molar-refractivity contribution is -0.145. The molecule has 1 fully saturated rings. The van der Waals surface area contributed by atoms with Crippen LogP contribution in [0.4, 0.5) is 0 Å². The Hall–Kier alpha value is -2.34. The Balaban J connectivity index is 2.03. The number of carbonyl (C=O) groups excluding carboxylic acids is 1. The molecular formula is C17H21NO5. The number of carbonyl (C=O) groups is 2. The van der Waals surface area contributed by atoms with Crippen molar-refractivity contribution in [3.63, 3.8) is 0 Å². The Kier molecular flexibility index (Phi) is 5.76. The largest absolute Gasteiger partial charge is 0.496 e. The normalized spacial score (nSPS) is 18.2. The highest BCUT2D eigenvalue weighted by molar-refractivity contribution is 5.92. The summed E-state index contributed by atoms with van der Waals surface area (Å²) in [4.78, 5) is 24.6. The van der Waals surface area contributed by atoms with Crippen LogP contribution in [-0.2, 0) is 14.3 Å². The monoisotopic (exact) mass is 319 g/mol. The number of carboxylic acids is 1. The van der Waals surface area contributed by atoms with Gasteiger partial charge in [0, 0.05) is 24.7 Å². The van der Waals surface area contributed by atoms with Gasteiger partial charge in [0.25, 0.3) is 0 Å². The topological polar surface area (TPSA) is 76.1 Å². The smallest absolute Gasteiger partial charge is 0.306 e. The maximum Gasteiger partial charge on any atom is 0.306 e. The van der Waals surface area contributed by atoms with Gasteiger partial charge < -0.3 is 19.5 Å². The van der Waals surface area contributed by atoms with Gasteiger partial charge in [-0.15, -0.1) is 0 Å². The van der Waals surface area contributed by atoms with Crippen molar-refractivity contribution in [2.24, 2.45) is 0 Å². The molecule has 0 bridgehead atoms. The van der Waals surface area contributed by atoms with Gasteiger partial charge in [0.05, 0.1) is 26.2 Å². The van der Waals surface area contributed by atoms with E-state index in [1.807, 2.05) is 25.1 Å². The average molecular weight is 319 g/mol. The molecule has 1 unspecified atom stereocenters. The lowest BCUT2D eigenvalue weighted by atomic mass is 10.1. The van der Waals surface area contributed by atoms with Crippen molar-refractivity contribution in [1.82, 2.24) is 4.90 Å². The summed E-state index contributed by atoms with van der Waals surface area (Å²) in [5, 5.41) is 8.81. The van der Waals surface area contributed by atoms with Crippen molar-refractivity contribution in [3.05, 3.63) is 35.4 Å². The maximum absolute atomic E-state index is 12.3. The number of methoxy groups -OCH3 is 1. The van der Waals surface area contributed by atoms with E-state index in [0.717, 1.165) is 11.1 Å². The SMILES string of the molecule is COc1ccc(C)cc1C=CC(=O)N1CCOC(CC(=O)O)C1. The van der Waals surface area contributed by atoms with E-state index in [1.165, 1.54) is 6.08 Å². The van der Waals surface area contributed by atoms with Gasteiger partial charge in [0.1, 0.15) is 5.75 Å². The first-order valence-corrected chi connectivity index (χ1v) is 7.44. The van der Waals surface area contributed by atoms with Gasteiger partial charge in [-0.2, -0.15) is 0 Å². The number of aliphatic carboxylic acids is 1. The molecule has 1 atom stereocenters. The van der Waals surface area contributed by atoms with Gasteiger partial charge in [-0.1, -0.05) is 11.6 Å². The maximum atomic E-state index is 12.3. The first kappa shape index (κ1) is 17.0. The summed E-state index contributed by atoms with van der Waals surface area (Å²) in [6.07, 6.45) is 2.65. The molecule has 1 saturated heterocycles. The van der Waals surface area contributed by atoms with E-state index in [-0.39, 0.29) is 12.3 Å². The number of aryl methyl sites for hydroxylation is 1. The van der Waals surface area contributed by atoms with E-state index in [9.17, 15) is 9.59 Å². The number of ether oxygens (including phenoxy) is 2. The summed E-state index contributed by atoms with van der Waals surface area (Å²) in [5.74, 6) is -0.387. The summed E-state index contributed by atoms with van der Waals surface area (Å²) < 4.78 is 10.6. The zero-order valence-corrected chi connectivity index (χ0v) is 13.3. The second-order valence-electron chi connectivity index (χ2n) is 5.45. The number of amides is 1. The molecule has 6 nitrogen and oxygen atoms in total. The second-order valence-corrected chi connectivity index (χ2v) is 5.45. The number of hydrogen-bond donors (Lipinski definition) is 1. The van der Waals surface area contributed by atoms with E-state index in [4.69, 9.17) is 14.6 Å². The standard InChI is InChI=1S/C17H21NO5/c1-12-3-5-15(22-2)13(9-12)4-6-16(19)18-7-8-23-14(11-18)10-17(20)21/h3-6,9,14H,7-8,10-11H2,1-2H3,(H,20,21). The third kappa shape index (κ3) is 4.82. The van der Waals surface area contributed by atoms with Crippen LogP contribution >= 0.6 is 0 Å². The van der Waals surface area contributed by atoms with Crippen molar-refractivity contribution in [3.8, 4) is 5.75 Å². The van der Waals surface area contributed by atoms with E-state index >= 15 is 0 Å². The fourth-order valence-corrected chi connectivity index (χ4v) is 2.49. The highest BCUT2D eigenvalue weighted by atomic mass is 16.5. The average Bonchev–Trinajstić information content (AvgIpc) is 2.52. The Bertz CT molecular complexity index is 611. The summed E-state index contributed by atoms with van der Waals surface area (Å²) >= 11 is 0. The number of hydrogen-bond acceptors (Lipinski definition) is 4. The van der Waals surface area contributed by atoms with Crippen LogP contribution in [0, 0.1) is 6.92 Å². The van der Waals surface area contributed by atoms with Gasteiger partial charge in [-0.05, 0) is 25.1 Å². The van der Waals surface area contributed by atoms with E-state index in [2.05, 4.69) is 0 Å².